The van der Waals surface area contributed by atoms with E-state index in [0.29, 0.717) is 12.1 Å². The number of rotatable bonds is 2. The molecule has 0 fully saturated rings. The molecule has 2 aromatic heterocycles. The fourth-order valence-corrected chi connectivity index (χ4v) is 3.11. The number of fused-ring (bicyclic) bond motifs is 2. The maximum atomic E-state index is 12.8. The van der Waals surface area contributed by atoms with E-state index in [1.54, 1.807) is 12.4 Å². The number of nitrogens with zero attached hydrogens (tertiary/aromatic N) is 5. The van der Waals surface area contributed by atoms with Crippen LogP contribution in [0.2, 0.25) is 0 Å². The standard InChI is InChI=1S/C10H13FN2.C9H13N3/c1-7(2)13-5-8-3-9(11)4-12-10(8)6-13;1-7(2)12-4-8-3-10-6-11-9(8)5-12/h3-4,7H,5-6H2,1-2H3;3,6-7H,4-5H2,1-2H3. The van der Waals surface area contributed by atoms with E-state index in [9.17, 15) is 4.39 Å². The highest BCUT2D eigenvalue weighted by Gasteiger charge is 2.22. The normalized spacial score (nSPS) is 16.8. The summed E-state index contributed by atoms with van der Waals surface area (Å²) in [7, 11) is 0. The summed E-state index contributed by atoms with van der Waals surface area (Å²) in [5, 5.41) is 0. The first-order chi connectivity index (χ1) is 11.9. The summed E-state index contributed by atoms with van der Waals surface area (Å²) in [4.78, 5) is 17.0. The van der Waals surface area contributed by atoms with Crippen LogP contribution in [0.15, 0.2) is 24.8 Å². The van der Waals surface area contributed by atoms with Crippen molar-refractivity contribution in [2.75, 3.05) is 0 Å². The Kier molecular flexibility index (Phi) is 5.39. The maximum absolute atomic E-state index is 12.8. The second kappa shape index (κ2) is 7.54. The molecule has 0 atom stereocenters. The fraction of sp³-hybridized carbons (Fsp3) is 0.526. The van der Waals surface area contributed by atoms with Crippen LogP contribution in [0.4, 0.5) is 4.39 Å². The van der Waals surface area contributed by atoms with Crippen molar-refractivity contribution in [3.05, 3.63) is 53.1 Å². The van der Waals surface area contributed by atoms with Crippen LogP contribution in [0, 0.1) is 5.82 Å². The molecule has 2 aliphatic heterocycles. The lowest BCUT2D eigenvalue weighted by molar-refractivity contribution is 0.226. The van der Waals surface area contributed by atoms with Gasteiger partial charge in [-0.05, 0) is 39.3 Å². The van der Waals surface area contributed by atoms with Crippen LogP contribution in [0.1, 0.15) is 50.2 Å². The summed E-state index contributed by atoms with van der Waals surface area (Å²) >= 11 is 0. The number of pyridine rings is 1. The lowest BCUT2D eigenvalue weighted by Crippen LogP contribution is -2.24. The predicted octanol–water partition coefficient (Wildman–Crippen LogP) is 3.15. The Labute approximate surface area is 148 Å². The third-order valence-electron chi connectivity index (χ3n) is 4.82. The molecule has 0 N–H and O–H groups in total. The molecule has 0 bridgehead atoms. The topological polar surface area (TPSA) is 45.2 Å². The van der Waals surface area contributed by atoms with E-state index in [2.05, 4.69) is 52.4 Å². The summed E-state index contributed by atoms with van der Waals surface area (Å²) in [6.07, 6.45) is 4.84. The summed E-state index contributed by atoms with van der Waals surface area (Å²) in [5.74, 6) is -0.232. The van der Waals surface area contributed by atoms with Gasteiger partial charge in [0.15, 0.2) is 0 Å². The molecule has 5 nitrogen and oxygen atoms in total. The van der Waals surface area contributed by atoms with Crippen LogP contribution in [-0.4, -0.2) is 36.8 Å². The molecule has 4 heterocycles. The van der Waals surface area contributed by atoms with E-state index in [1.807, 2.05) is 6.20 Å². The molecular weight excluding hydrogens is 317 g/mol. The zero-order chi connectivity index (χ0) is 18.0. The van der Waals surface area contributed by atoms with Gasteiger partial charge in [0, 0.05) is 50.0 Å². The maximum Gasteiger partial charge on any atom is 0.141 e. The van der Waals surface area contributed by atoms with E-state index >= 15 is 0 Å². The Morgan fingerprint density at radius 3 is 2.04 bits per heavy atom. The van der Waals surface area contributed by atoms with Gasteiger partial charge in [0.05, 0.1) is 17.6 Å². The fourth-order valence-electron chi connectivity index (χ4n) is 3.11. The quantitative estimate of drug-likeness (QED) is 0.838. The Balaban J connectivity index is 0.000000146. The van der Waals surface area contributed by atoms with Gasteiger partial charge in [0.1, 0.15) is 12.1 Å². The van der Waals surface area contributed by atoms with Gasteiger partial charge in [-0.1, -0.05) is 0 Å². The van der Waals surface area contributed by atoms with Crippen molar-refractivity contribution in [3.63, 3.8) is 0 Å². The Morgan fingerprint density at radius 1 is 0.840 bits per heavy atom. The second-order valence-electron chi connectivity index (χ2n) is 7.25. The number of aromatic nitrogens is 3. The van der Waals surface area contributed by atoms with Crippen LogP contribution < -0.4 is 0 Å². The van der Waals surface area contributed by atoms with Crippen molar-refractivity contribution in [2.24, 2.45) is 0 Å². The van der Waals surface area contributed by atoms with Gasteiger partial charge >= 0.3 is 0 Å². The van der Waals surface area contributed by atoms with Crippen molar-refractivity contribution >= 4 is 0 Å². The first-order valence-electron chi connectivity index (χ1n) is 8.83. The number of hydrogen-bond donors (Lipinski definition) is 0. The van der Waals surface area contributed by atoms with Crippen LogP contribution >= 0.6 is 0 Å². The van der Waals surface area contributed by atoms with Crippen molar-refractivity contribution in [3.8, 4) is 0 Å². The van der Waals surface area contributed by atoms with E-state index in [4.69, 9.17) is 0 Å². The first-order valence-corrected chi connectivity index (χ1v) is 8.83. The molecule has 0 unspecified atom stereocenters. The molecule has 0 aromatic carbocycles. The molecular formula is C19H26FN5. The minimum absolute atomic E-state index is 0.232. The van der Waals surface area contributed by atoms with Gasteiger partial charge in [-0.15, -0.1) is 0 Å². The van der Waals surface area contributed by atoms with Crippen LogP contribution in [0.3, 0.4) is 0 Å². The molecule has 134 valence electrons. The summed E-state index contributed by atoms with van der Waals surface area (Å²) in [6, 6.07) is 2.68. The average Bonchev–Trinajstić information content (AvgIpc) is 3.18. The Hall–Kier alpha value is -1.92. The molecule has 0 spiro atoms. The van der Waals surface area contributed by atoms with E-state index < -0.39 is 0 Å². The van der Waals surface area contributed by atoms with Gasteiger partial charge in [-0.3, -0.25) is 14.8 Å². The predicted molar refractivity (Wildman–Crippen MR) is 95.0 cm³/mol. The molecule has 4 rings (SSSR count). The Morgan fingerprint density at radius 2 is 1.44 bits per heavy atom. The molecule has 0 amide bonds. The van der Waals surface area contributed by atoms with Gasteiger partial charge in [0.25, 0.3) is 0 Å². The minimum Gasteiger partial charge on any atom is -0.291 e. The van der Waals surface area contributed by atoms with Crippen molar-refractivity contribution in [1.82, 2.24) is 24.8 Å². The summed E-state index contributed by atoms with van der Waals surface area (Å²) < 4.78 is 12.8. The van der Waals surface area contributed by atoms with Crippen LogP contribution in [-0.2, 0) is 26.2 Å². The third kappa shape index (κ3) is 4.19. The van der Waals surface area contributed by atoms with Gasteiger partial charge in [-0.25, -0.2) is 14.4 Å². The highest BCUT2D eigenvalue weighted by molar-refractivity contribution is 5.24. The highest BCUT2D eigenvalue weighted by atomic mass is 19.1. The van der Waals surface area contributed by atoms with E-state index in [0.717, 1.165) is 37.4 Å². The highest BCUT2D eigenvalue weighted by Crippen LogP contribution is 2.23. The third-order valence-corrected chi connectivity index (χ3v) is 4.82. The molecule has 6 heteroatoms. The average molecular weight is 343 g/mol. The summed E-state index contributed by atoms with van der Waals surface area (Å²) in [6.45, 7) is 12.4. The zero-order valence-corrected chi connectivity index (χ0v) is 15.4. The zero-order valence-electron chi connectivity index (χ0n) is 15.4. The van der Waals surface area contributed by atoms with E-state index in [1.165, 1.54) is 17.5 Å². The molecule has 0 saturated heterocycles. The minimum atomic E-state index is -0.232. The van der Waals surface area contributed by atoms with Crippen molar-refractivity contribution in [2.45, 2.75) is 66.0 Å². The first kappa shape index (κ1) is 17.9. The summed E-state index contributed by atoms with van der Waals surface area (Å²) in [5.41, 5.74) is 4.54. The number of halogens is 1. The van der Waals surface area contributed by atoms with E-state index in [-0.39, 0.29) is 5.82 Å². The molecule has 2 aromatic rings. The van der Waals surface area contributed by atoms with Gasteiger partial charge < -0.3 is 0 Å². The molecule has 25 heavy (non-hydrogen) atoms. The monoisotopic (exact) mass is 343 g/mol. The largest absolute Gasteiger partial charge is 0.291 e. The number of hydrogen-bond acceptors (Lipinski definition) is 5. The van der Waals surface area contributed by atoms with Crippen molar-refractivity contribution < 1.29 is 4.39 Å². The molecule has 0 radical (unpaired) electrons. The van der Waals surface area contributed by atoms with Gasteiger partial charge in [0.2, 0.25) is 0 Å². The molecule has 0 aliphatic carbocycles. The second-order valence-corrected chi connectivity index (χ2v) is 7.25. The lowest BCUT2D eigenvalue weighted by atomic mass is 10.2. The van der Waals surface area contributed by atoms with Crippen LogP contribution in [0.25, 0.3) is 0 Å². The smallest absolute Gasteiger partial charge is 0.141 e. The van der Waals surface area contributed by atoms with Crippen LogP contribution in [0.5, 0.6) is 0 Å². The SMILES string of the molecule is CC(C)N1Cc2cc(F)cnc2C1.CC(C)N1Cc2cncnc2C1. The van der Waals surface area contributed by atoms with Gasteiger partial charge in [-0.2, -0.15) is 0 Å². The Bertz CT molecular complexity index is 707. The molecule has 2 aliphatic rings. The molecule has 0 saturated carbocycles. The lowest BCUT2D eigenvalue weighted by Gasteiger charge is -2.18. The van der Waals surface area contributed by atoms with Crippen molar-refractivity contribution in [1.29, 1.82) is 0 Å².